The maximum Gasteiger partial charge on any atom is 0.341 e. The fourth-order valence-corrected chi connectivity index (χ4v) is 2.93. The molecule has 0 amide bonds. The van der Waals surface area contributed by atoms with Crippen molar-refractivity contribution in [3.8, 4) is 5.75 Å². The Balaban J connectivity index is 3.21. The maximum absolute atomic E-state index is 12.1. The zero-order valence-corrected chi connectivity index (χ0v) is 14.4. The maximum atomic E-state index is 12.1. The summed E-state index contributed by atoms with van der Waals surface area (Å²) < 4.78 is 10.4. The van der Waals surface area contributed by atoms with E-state index in [1.807, 2.05) is 18.2 Å². The van der Waals surface area contributed by atoms with Crippen LogP contribution in [0.25, 0.3) is 0 Å². The molecule has 1 rings (SSSR count). The molecular weight excluding hydrogens is 264 g/mol. The van der Waals surface area contributed by atoms with Gasteiger partial charge >= 0.3 is 5.97 Å². The first-order valence-corrected chi connectivity index (χ1v) is 7.46. The van der Waals surface area contributed by atoms with Crippen LogP contribution < -0.4 is 4.74 Å². The second-order valence-corrected chi connectivity index (χ2v) is 7.26. The highest BCUT2D eigenvalue weighted by molar-refractivity contribution is 5.92. The molecule has 0 saturated heterocycles. The smallest absolute Gasteiger partial charge is 0.341 e. The molecule has 3 nitrogen and oxygen atoms in total. The van der Waals surface area contributed by atoms with Gasteiger partial charge in [-0.05, 0) is 41.9 Å². The Hall–Kier alpha value is -1.51. The third kappa shape index (κ3) is 4.76. The van der Waals surface area contributed by atoms with Gasteiger partial charge in [0.2, 0.25) is 0 Å². The van der Waals surface area contributed by atoms with Crippen molar-refractivity contribution in [2.45, 2.75) is 53.4 Å². The highest BCUT2D eigenvalue weighted by Crippen LogP contribution is 2.37. The molecule has 0 aliphatic rings. The van der Waals surface area contributed by atoms with Crippen LogP contribution in [0.15, 0.2) is 18.2 Å². The van der Waals surface area contributed by atoms with Gasteiger partial charge in [-0.15, -0.1) is 0 Å². The Morgan fingerprint density at radius 2 is 1.76 bits per heavy atom. The Kier molecular flexibility index (Phi) is 5.43. The Morgan fingerprint density at radius 1 is 1.14 bits per heavy atom. The van der Waals surface area contributed by atoms with Crippen molar-refractivity contribution in [1.29, 1.82) is 0 Å². The number of hydrogen-bond acceptors (Lipinski definition) is 3. The zero-order chi connectivity index (χ0) is 16.3. The average molecular weight is 292 g/mol. The number of esters is 1. The van der Waals surface area contributed by atoms with Gasteiger partial charge in [0.15, 0.2) is 0 Å². The van der Waals surface area contributed by atoms with Gasteiger partial charge < -0.3 is 9.47 Å². The van der Waals surface area contributed by atoms with Gasteiger partial charge in [-0.1, -0.05) is 40.7 Å². The topological polar surface area (TPSA) is 35.5 Å². The number of hydrogen-bond donors (Lipinski definition) is 0. The summed E-state index contributed by atoms with van der Waals surface area (Å²) in [5.41, 5.74) is 1.82. The highest BCUT2D eigenvalue weighted by atomic mass is 16.5. The van der Waals surface area contributed by atoms with E-state index in [0.29, 0.717) is 17.9 Å². The summed E-state index contributed by atoms with van der Waals surface area (Å²) in [4.78, 5) is 12.1. The molecule has 0 unspecified atom stereocenters. The molecule has 118 valence electrons. The largest absolute Gasteiger partial charge is 0.496 e. The van der Waals surface area contributed by atoms with Crippen LogP contribution in [0.2, 0.25) is 0 Å². The molecule has 21 heavy (non-hydrogen) atoms. The number of benzene rings is 1. The van der Waals surface area contributed by atoms with E-state index in [9.17, 15) is 4.79 Å². The zero-order valence-electron chi connectivity index (χ0n) is 14.4. The summed E-state index contributed by atoms with van der Waals surface area (Å²) in [6.07, 6.45) is 1.02. The fraction of sp³-hybridized carbons (Fsp3) is 0.611. The highest BCUT2D eigenvalue weighted by Gasteiger charge is 2.28. The van der Waals surface area contributed by atoms with Crippen molar-refractivity contribution >= 4 is 5.97 Å². The van der Waals surface area contributed by atoms with Crippen molar-refractivity contribution in [3.63, 3.8) is 0 Å². The summed E-state index contributed by atoms with van der Waals surface area (Å²) >= 11 is 0. The van der Waals surface area contributed by atoms with Crippen molar-refractivity contribution in [3.05, 3.63) is 29.3 Å². The molecule has 0 atom stereocenters. The molecule has 1 aromatic carbocycles. The summed E-state index contributed by atoms with van der Waals surface area (Å²) in [6, 6.07) is 5.79. The van der Waals surface area contributed by atoms with E-state index in [-0.39, 0.29) is 16.8 Å². The van der Waals surface area contributed by atoms with Gasteiger partial charge in [-0.2, -0.15) is 0 Å². The van der Waals surface area contributed by atoms with E-state index in [4.69, 9.17) is 9.47 Å². The SMILES string of the molecule is CCOC(=O)c1cc(C(C)(C)CC(C)(C)C)ccc1OC. The Bertz CT molecular complexity index is 496. The van der Waals surface area contributed by atoms with Gasteiger partial charge in [0.1, 0.15) is 11.3 Å². The van der Waals surface area contributed by atoms with Gasteiger partial charge in [0.05, 0.1) is 13.7 Å². The average Bonchev–Trinajstić information content (AvgIpc) is 2.35. The van der Waals surface area contributed by atoms with Crippen LogP contribution in [-0.4, -0.2) is 19.7 Å². The number of carbonyl (C=O) groups is 1. The van der Waals surface area contributed by atoms with Crippen molar-refractivity contribution in [2.24, 2.45) is 5.41 Å². The van der Waals surface area contributed by atoms with E-state index < -0.39 is 0 Å². The van der Waals surface area contributed by atoms with Crippen LogP contribution in [-0.2, 0) is 10.2 Å². The summed E-state index contributed by atoms with van der Waals surface area (Å²) in [6.45, 7) is 13.2. The minimum Gasteiger partial charge on any atom is -0.496 e. The Labute approximate surface area is 128 Å². The predicted octanol–water partition coefficient (Wildman–Crippen LogP) is 4.59. The van der Waals surface area contributed by atoms with Crippen LogP contribution in [0.4, 0.5) is 0 Å². The minimum absolute atomic E-state index is 0.0221. The summed E-state index contributed by atoms with van der Waals surface area (Å²) in [5.74, 6) is 0.228. The third-order valence-electron chi connectivity index (χ3n) is 3.45. The predicted molar refractivity (Wildman–Crippen MR) is 86.0 cm³/mol. The minimum atomic E-state index is -0.331. The number of rotatable bonds is 5. The second kappa shape index (κ2) is 6.50. The van der Waals surface area contributed by atoms with Crippen LogP contribution in [0.1, 0.15) is 63.9 Å². The molecule has 0 aliphatic carbocycles. The lowest BCUT2D eigenvalue weighted by Crippen LogP contribution is -2.25. The Morgan fingerprint density at radius 3 is 2.24 bits per heavy atom. The number of ether oxygens (including phenoxy) is 2. The van der Waals surface area contributed by atoms with Crippen LogP contribution in [0.5, 0.6) is 5.75 Å². The molecule has 0 aromatic heterocycles. The van der Waals surface area contributed by atoms with E-state index in [0.717, 1.165) is 12.0 Å². The molecule has 0 spiro atoms. The summed E-state index contributed by atoms with van der Waals surface area (Å²) in [5, 5.41) is 0. The van der Waals surface area contributed by atoms with E-state index in [1.165, 1.54) is 0 Å². The first-order valence-electron chi connectivity index (χ1n) is 7.46. The fourth-order valence-electron chi connectivity index (χ4n) is 2.93. The van der Waals surface area contributed by atoms with Gasteiger partial charge in [0, 0.05) is 0 Å². The van der Waals surface area contributed by atoms with Crippen molar-refractivity contribution in [2.75, 3.05) is 13.7 Å². The van der Waals surface area contributed by atoms with E-state index in [2.05, 4.69) is 34.6 Å². The molecule has 0 aliphatic heterocycles. The van der Waals surface area contributed by atoms with Gasteiger partial charge in [0.25, 0.3) is 0 Å². The quantitative estimate of drug-likeness (QED) is 0.745. The number of methoxy groups -OCH3 is 1. The molecule has 0 bridgehead atoms. The van der Waals surface area contributed by atoms with Crippen LogP contribution >= 0.6 is 0 Å². The lowest BCUT2D eigenvalue weighted by atomic mass is 9.72. The van der Waals surface area contributed by atoms with Crippen molar-refractivity contribution in [1.82, 2.24) is 0 Å². The van der Waals surface area contributed by atoms with E-state index >= 15 is 0 Å². The molecule has 1 aromatic rings. The molecule has 0 saturated carbocycles. The summed E-state index contributed by atoms with van der Waals surface area (Å²) in [7, 11) is 1.57. The lowest BCUT2D eigenvalue weighted by Gasteiger charge is -2.33. The lowest BCUT2D eigenvalue weighted by molar-refractivity contribution is 0.0522. The van der Waals surface area contributed by atoms with E-state index in [1.54, 1.807) is 14.0 Å². The molecule has 0 N–H and O–H groups in total. The third-order valence-corrected chi connectivity index (χ3v) is 3.45. The molecule has 3 heteroatoms. The first-order chi connectivity index (χ1) is 9.60. The first kappa shape index (κ1) is 17.5. The normalized spacial score (nSPS) is 12.1. The standard InChI is InChI=1S/C18H28O3/c1-8-21-16(19)14-11-13(9-10-15(14)20-7)18(5,6)12-17(2,3)4/h9-11H,8,12H2,1-7H3. The van der Waals surface area contributed by atoms with Crippen molar-refractivity contribution < 1.29 is 14.3 Å². The van der Waals surface area contributed by atoms with Crippen LogP contribution in [0.3, 0.4) is 0 Å². The van der Waals surface area contributed by atoms with Gasteiger partial charge in [-0.25, -0.2) is 4.79 Å². The second-order valence-electron chi connectivity index (χ2n) is 7.26. The molecule has 0 radical (unpaired) electrons. The van der Waals surface area contributed by atoms with Gasteiger partial charge in [-0.3, -0.25) is 0 Å². The van der Waals surface area contributed by atoms with Crippen LogP contribution in [0, 0.1) is 5.41 Å². The molecule has 0 heterocycles. The molecular formula is C18H28O3. The monoisotopic (exact) mass is 292 g/mol. The number of carbonyl (C=O) groups excluding carboxylic acids is 1. The molecule has 0 fully saturated rings.